The molecule has 0 amide bonds. The Bertz CT molecular complexity index is 105. The highest BCUT2D eigenvalue weighted by molar-refractivity contribution is 5.56. The molecule has 0 spiro atoms. The van der Waals surface area contributed by atoms with Crippen LogP contribution in [0, 0.1) is 5.92 Å². The molecule has 1 aliphatic rings. The van der Waals surface area contributed by atoms with Crippen molar-refractivity contribution in [1.29, 1.82) is 0 Å². The molecular formula is C7H10O. The molecule has 1 atom stereocenters. The minimum atomic E-state index is 0.226. The van der Waals surface area contributed by atoms with E-state index in [1.54, 1.807) is 0 Å². The third-order valence-corrected chi connectivity index (χ3v) is 1.47. The molecule has 1 aliphatic carbocycles. The number of carbonyl (C=O) groups excluding carboxylic acids is 1. The highest BCUT2D eigenvalue weighted by atomic mass is 16.1. The number of carbonyl (C=O) groups is 1. The predicted octanol–water partition coefficient (Wildman–Crippen LogP) is 1.54. The van der Waals surface area contributed by atoms with Crippen molar-refractivity contribution in [1.82, 2.24) is 0 Å². The van der Waals surface area contributed by atoms with Gasteiger partial charge < -0.3 is 4.79 Å². The lowest BCUT2D eigenvalue weighted by molar-refractivity contribution is -0.110. The van der Waals surface area contributed by atoms with Gasteiger partial charge >= 0.3 is 0 Å². The Morgan fingerprint density at radius 1 is 1.62 bits per heavy atom. The van der Waals surface area contributed by atoms with Gasteiger partial charge in [-0.15, -0.1) is 0 Å². The van der Waals surface area contributed by atoms with Gasteiger partial charge in [-0.25, -0.2) is 0 Å². The van der Waals surface area contributed by atoms with Gasteiger partial charge in [0, 0.05) is 5.92 Å². The van der Waals surface area contributed by atoms with Gasteiger partial charge in [0.2, 0.25) is 0 Å². The number of allylic oxidation sites excluding steroid dienone is 2. The van der Waals surface area contributed by atoms with E-state index >= 15 is 0 Å². The second-order valence-electron chi connectivity index (χ2n) is 2.16. The van der Waals surface area contributed by atoms with E-state index in [0.29, 0.717) is 0 Å². The monoisotopic (exact) mass is 110 g/mol. The number of hydrogen-bond acceptors (Lipinski definition) is 1. The molecule has 0 aromatic rings. The standard InChI is InChI=1S/C7H10O/c8-6-7-4-2-1-3-5-7/h2,4,6-7H,1,3,5H2. The zero-order chi connectivity index (χ0) is 5.82. The first-order chi connectivity index (χ1) is 3.93. The maximum Gasteiger partial charge on any atom is 0.126 e. The molecule has 0 fully saturated rings. The van der Waals surface area contributed by atoms with E-state index in [1.165, 1.54) is 6.42 Å². The summed E-state index contributed by atoms with van der Waals surface area (Å²) < 4.78 is 0. The highest BCUT2D eigenvalue weighted by Gasteiger charge is 2.04. The van der Waals surface area contributed by atoms with E-state index in [0.717, 1.165) is 19.1 Å². The molecule has 0 aromatic heterocycles. The minimum Gasteiger partial charge on any atom is -0.303 e. The summed E-state index contributed by atoms with van der Waals surface area (Å²) in [7, 11) is 0. The number of rotatable bonds is 1. The van der Waals surface area contributed by atoms with Crippen LogP contribution in [0.2, 0.25) is 0 Å². The van der Waals surface area contributed by atoms with Gasteiger partial charge in [-0.2, -0.15) is 0 Å². The molecule has 44 valence electrons. The Morgan fingerprint density at radius 2 is 2.50 bits per heavy atom. The average Bonchev–Trinajstić information content (AvgIpc) is 1.90. The Morgan fingerprint density at radius 3 is 2.88 bits per heavy atom. The molecular weight excluding hydrogens is 100 g/mol. The van der Waals surface area contributed by atoms with Gasteiger partial charge in [0.15, 0.2) is 0 Å². The van der Waals surface area contributed by atoms with E-state index < -0.39 is 0 Å². The molecule has 0 bridgehead atoms. The molecule has 0 N–H and O–H groups in total. The van der Waals surface area contributed by atoms with Crippen LogP contribution < -0.4 is 0 Å². The van der Waals surface area contributed by atoms with Crippen LogP contribution in [0.25, 0.3) is 0 Å². The Balaban J connectivity index is 2.42. The maximum absolute atomic E-state index is 10.1. The number of hydrogen-bond donors (Lipinski definition) is 0. The quantitative estimate of drug-likeness (QED) is 0.369. The van der Waals surface area contributed by atoms with Crippen molar-refractivity contribution in [3.8, 4) is 0 Å². The van der Waals surface area contributed by atoms with E-state index in [1.807, 2.05) is 6.08 Å². The van der Waals surface area contributed by atoms with Gasteiger partial charge in [-0.1, -0.05) is 12.2 Å². The van der Waals surface area contributed by atoms with Crippen LogP contribution in [0.1, 0.15) is 19.3 Å². The second kappa shape index (κ2) is 2.65. The molecule has 0 saturated heterocycles. The van der Waals surface area contributed by atoms with Crippen LogP contribution in [0.4, 0.5) is 0 Å². The van der Waals surface area contributed by atoms with Gasteiger partial charge in [0.05, 0.1) is 0 Å². The first kappa shape index (κ1) is 5.54. The summed E-state index contributed by atoms with van der Waals surface area (Å²) in [5.74, 6) is 0.226. The van der Waals surface area contributed by atoms with Crippen LogP contribution >= 0.6 is 0 Å². The second-order valence-corrected chi connectivity index (χ2v) is 2.16. The summed E-state index contributed by atoms with van der Waals surface area (Å²) in [6.45, 7) is 0. The van der Waals surface area contributed by atoms with Gasteiger partial charge in [0.25, 0.3) is 0 Å². The van der Waals surface area contributed by atoms with Gasteiger partial charge in [0.1, 0.15) is 6.29 Å². The summed E-state index contributed by atoms with van der Waals surface area (Å²) in [4.78, 5) is 10.1. The van der Waals surface area contributed by atoms with Crippen molar-refractivity contribution < 1.29 is 4.79 Å². The molecule has 8 heavy (non-hydrogen) atoms. The van der Waals surface area contributed by atoms with E-state index in [4.69, 9.17) is 0 Å². The molecule has 1 rings (SSSR count). The molecule has 1 heteroatoms. The fourth-order valence-corrected chi connectivity index (χ4v) is 0.952. The van der Waals surface area contributed by atoms with Crippen molar-refractivity contribution in [3.63, 3.8) is 0 Å². The molecule has 0 heterocycles. The smallest absolute Gasteiger partial charge is 0.126 e. The van der Waals surface area contributed by atoms with Crippen LogP contribution in [0.5, 0.6) is 0 Å². The lowest BCUT2D eigenvalue weighted by Gasteiger charge is -2.07. The summed E-state index contributed by atoms with van der Waals surface area (Å²) in [6.07, 6.45) is 8.50. The van der Waals surface area contributed by atoms with Crippen molar-refractivity contribution >= 4 is 6.29 Å². The zero-order valence-electron chi connectivity index (χ0n) is 4.84. The summed E-state index contributed by atoms with van der Waals surface area (Å²) in [5.41, 5.74) is 0. The fourth-order valence-electron chi connectivity index (χ4n) is 0.952. The Hall–Kier alpha value is -0.590. The molecule has 0 aromatic carbocycles. The lowest BCUT2D eigenvalue weighted by atomic mass is 9.98. The third-order valence-electron chi connectivity index (χ3n) is 1.47. The molecule has 1 nitrogen and oxygen atoms in total. The molecule has 0 saturated carbocycles. The topological polar surface area (TPSA) is 17.1 Å². The van der Waals surface area contributed by atoms with Crippen molar-refractivity contribution in [2.45, 2.75) is 19.3 Å². The van der Waals surface area contributed by atoms with Gasteiger partial charge in [-0.05, 0) is 19.3 Å². The molecule has 1 unspecified atom stereocenters. The van der Waals surface area contributed by atoms with E-state index in [-0.39, 0.29) is 5.92 Å². The first-order valence-corrected chi connectivity index (χ1v) is 3.05. The molecule has 0 radical (unpaired) electrons. The van der Waals surface area contributed by atoms with E-state index in [2.05, 4.69) is 6.08 Å². The predicted molar refractivity (Wildman–Crippen MR) is 32.5 cm³/mol. The lowest BCUT2D eigenvalue weighted by Crippen LogP contribution is -2.00. The van der Waals surface area contributed by atoms with Crippen LogP contribution in [0.15, 0.2) is 12.2 Å². The molecule has 0 aliphatic heterocycles. The normalized spacial score (nSPS) is 27.8. The van der Waals surface area contributed by atoms with Crippen molar-refractivity contribution in [2.75, 3.05) is 0 Å². The third kappa shape index (κ3) is 1.19. The summed E-state index contributed by atoms with van der Waals surface area (Å²) >= 11 is 0. The first-order valence-electron chi connectivity index (χ1n) is 3.05. The van der Waals surface area contributed by atoms with E-state index in [9.17, 15) is 4.79 Å². The average molecular weight is 110 g/mol. The maximum atomic E-state index is 10.1. The van der Waals surface area contributed by atoms with Crippen LogP contribution in [-0.2, 0) is 4.79 Å². The Labute approximate surface area is 49.4 Å². The van der Waals surface area contributed by atoms with Crippen LogP contribution in [0.3, 0.4) is 0 Å². The minimum absolute atomic E-state index is 0.226. The fraction of sp³-hybridized carbons (Fsp3) is 0.571. The van der Waals surface area contributed by atoms with Crippen molar-refractivity contribution in [3.05, 3.63) is 12.2 Å². The summed E-state index contributed by atoms with van der Waals surface area (Å²) in [6, 6.07) is 0. The van der Waals surface area contributed by atoms with Crippen molar-refractivity contribution in [2.24, 2.45) is 5.92 Å². The number of aldehydes is 1. The highest BCUT2D eigenvalue weighted by Crippen LogP contribution is 2.13. The largest absolute Gasteiger partial charge is 0.303 e. The zero-order valence-corrected chi connectivity index (χ0v) is 4.84. The van der Waals surface area contributed by atoms with Crippen LogP contribution in [-0.4, -0.2) is 6.29 Å². The summed E-state index contributed by atoms with van der Waals surface area (Å²) in [5, 5.41) is 0. The SMILES string of the molecule is O=CC1C=CCCC1. The Kier molecular flexibility index (Phi) is 1.84. The van der Waals surface area contributed by atoms with Gasteiger partial charge in [-0.3, -0.25) is 0 Å².